The van der Waals surface area contributed by atoms with Crippen LogP contribution in [0.15, 0.2) is 0 Å². The largest absolute Gasteiger partial charge is 0.459 e. The molecule has 4 N–H and O–H groups in total. The highest BCUT2D eigenvalue weighted by Gasteiger charge is 2.43. The lowest BCUT2D eigenvalue weighted by molar-refractivity contribution is -0.187. The Morgan fingerprint density at radius 1 is 1.24 bits per heavy atom. The van der Waals surface area contributed by atoms with Gasteiger partial charge in [-0.05, 0) is 40.7 Å². The van der Waals surface area contributed by atoms with E-state index in [0.717, 1.165) is 0 Å². The molecule has 126 valence electrons. The van der Waals surface area contributed by atoms with Crippen molar-refractivity contribution in [3.8, 4) is 0 Å². The van der Waals surface area contributed by atoms with Gasteiger partial charge in [-0.25, -0.2) is 0 Å². The van der Waals surface area contributed by atoms with E-state index in [9.17, 15) is 20.1 Å². The molecule has 0 fully saturated rings. The van der Waals surface area contributed by atoms with Crippen molar-refractivity contribution in [2.75, 3.05) is 7.05 Å². The third-order valence-electron chi connectivity index (χ3n) is 4.18. The lowest BCUT2D eigenvalue weighted by Crippen LogP contribution is -2.58. The van der Waals surface area contributed by atoms with E-state index in [1.165, 1.54) is 6.92 Å². The van der Waals surface area contributed by atoms with Crippen LogP contribution in [0.25, 0.3) is 0 Å². The van der Waals surface area contributed by atoms with Gasteiger partial charge < -0.3 is 25.4 Å². The van der Waals surface area contributed by atoms with Gasteiger partial charge in [0.25, 0.3) is 0 Å². The molecule has 1 unspecified atom stereocenters. The first-order valence-electron chi connectivity index (χ1n) is 7.59. The van der Waals surface area contributed by atoms with Crippen molar-refractivity contribution in [2.45, 2.75) is 77.4 Å². The van der Waals surface area contributed by atoms with E-state index in [2.05, 4.69) is 5.32 Å². The van der Waals surface area contributed by atoms with Crippen LogP contribution in [0.2, 0.25) is 0 Å². The quantitative estimate of drug-likeness (QED) is 0.461. The van der Waals surface area contributed by atoms with Gasteiger partial charge >= 0.3 is 5.97 Å². The molecular formula is C15H31NO5. The van der Waals surface area contributed by atoms with Crippen LogP contribution in [0.3, 0.4) is 0 Å². The topological polar surface area (TPSA) is 99.0 Å². The molecule has 0 saturated carbocycles. The summed E-state index contributed by atoms with van der Waals surface area (Å²) in [5.74, 6) is -1.24. The third-order valence-corrected chi connectivity index (χ3v) is 4.18. The summed E-state index contributed by atoms with van der Waals surface area (Å²) in [5.41, 5.74) is -1.58. The van der Waals surface area contributed by atoms with Gasteiger partial charge in [0, 0.05) is 6.04 Å². The average Bonchev–Trinajstić information content (AvgIpc) is 2.48. The zero-order valence-corrected chi connectivity index (χ0v) is 14.0. The summed E-state index contributed by atoms with van der Waals surface area (Å²) < 4.78 is 5.33. The van der Waals surface area contributed by atoms with E-state index in [1.54, 1.807) is 34.7 Å². The molecule has 6 heteroatoms. The molecule has 6 atom stereocenters. The van der Waals surface area contributed by atoms with Crippen LogP contribution < -0.4 is 5.32 Å². The predicted octanol–water partition coefficient (Wildman–Crippen LogP) is 0.435. The van der Waals surface area contributed by atoms with Gasteiger partial charge in [-0.2, -0.15) is 0 Å². The molecule has 6 nitrogen and oxygen atoms in total. The summed E-state index contributed by atoms with van der Waals surface area (Å²) >= 11 is 0. The number of esters is 1. The molecule has 0 bridgehead atoms. The Balaban J connectivity index is 4.95. The Morgan fingerprint density at radius 3 is 2.14 bits per heavy atom. The second-order valence-corrected chi connectivity index (χ2v) is 5.85. The Hall–Kier alpha value is -0.690. The highest BCUT2D eigenvalue weighted by atomic mass is 16.6. The lowest BCUT2D eigenvalue weighted by Gasteiger charge is -2.38. The van der Waals surface area contributed by atoms with Crippen LogP contribution in [0, 0.1) is 5.92 Å². The number of aliphatic hydroxyl groups is 3. The minimum atomic E-state index is -1.58. The van der Waals surface area contributed by atoms with E-state index < -0.39 is 35.8 Å². The summed E-state index contributed by atoms with van der Waals surface area (Å²) in [6.45, 7) is 8.32. The summed E-state index contributed by atoms with van der Waals surface area (Å²) in [7, 11) is 1.68. The number of likely N-dealkylation sites (N-methyl/N-ethyl adjacent to an activating group) is 1. The van der Waals surface area contributed by atoms with Crippen LogP contribution in [0.5, 0.6) is 0 Å². The van der Waals surface area contributed by atoms with Crippen molar-refractivity contribution >= 4 is 5.97 Å². The Labute approximate surface area is 127 Å². The van der Waals surface area contributed by atoms with Gasteiger partial charge in [-0.15, -0.1) is 0 Å². The highest BCUT2D eigenvalue weighted by Crippen LogP contribution is 2.24. The van der Waals surface area contributed by atoms with Crippen molar-refractivity contribution in [1.82, 2.24) is 5.32 Å². The minimum absolute atomic E-state index is 0.355. The van der Waals surface area contributed by atoms with Crippen LogP contribution in [0.1, 0.15) is 47.5 Å². The van der Waals surface area contributed by atoms with E-state index in [-0.39, 0.29) is 6.04 Å². The fraction of sp³-hybridized carbons (Fsp3) is 0.933. The van der Waals surface area contributed by atoms with E-state index in [0.29, 0.717) is 12.8 Å². The molecule has 0 aromatic carbocycles. The first-order chi connectivity index (χ1) is 9.63. The second-order valence-electron chi connectivity index (χ2n) is 5.85. The molecule has 21 heavy (non-hydrogen) atoms. The van der Waals surface area contributed by atoms with Crippen LogP contribution in [-0.2, 0) is 9.53 Å². The molecule has 0 amide bonds. The second kappa shape index (κ2) is 8.68. The van der Waals surface area contributed by atoms with Crippen LogP contribution in [0.4, 0.5) is 0 Å². The van der Waals surface area contributed by atoms with Crippen molar-refractivity contribution in [2.24, 2.45) is 5.92 Å². The lowest BCUT2D eigenvalue weighted by atomic mass is 9.86. The van der Waals surface area contributed by atoms with Crippen molar-refractivity contribution < 1.29 is 24.9 Å². The van der Waals surface area contributed by atoms with Crippen LogP contribution in [-0.4, -0.2) is 58.3 Å². The number of rotatable bonds is 9. The molecule has 0 saturated heterocycles. The van der Waals surface area contributed by atoms with E-state index in [1.807, 2.05) is 0 Å². The van der Waals surface area contributed by atoms with Crippen LogP contribution >= 0.6 is 0 Å². The molecule has 0 aliphatic carbocycles. The Kier molecular flexibility index (Phi) is 8.39. The van der Waals surface area contributed by atoms with Gasteiger partial charge in [0.05, 0.1) is 12.0 Å². The number of nitrogens with one attached hydrogen (secondary N) is 1. The molecule has 0 radical (unpaired) electrons. The molecule has 0 aromatic heterocycles. The maximum Gasteiger partial charge on any atom is 0.311 e. The first-order valence-corrected chi connectivity index (χ1v) is 7.59. The Bertz CT molecular complexity index is 321. The summed E-state index contributed by atoms with van der Waals surface area (Å²) in [5, 5.41) is 33.3. The molecule has 0 heterocycles. The van der Waals surface area contributed by atoms with Gasteiger partial charge in [0.2, 0.25) is 0 Å². The summed E-state index contributed by atoms with van der Waals surface area (Å²) in [6, 6.07) is -0.355. The van der Waals surface area contributed by atoms with Gasteiger partial charge in [-0.3, -0.25) is 4.79 Å². The van der Waals surface area contributed by atoms with Gasteiger partial charge in [0.15, 0.2) is 0 Å². The number of ether oxygens (including phenoxy) is 1. The summed E-state index contributed by atoms with van der Waals surface area (Å²) in [4.78, 5) is 12.0. The number of hydrogen-bond acceptors (Lipinski definition) is 6. The molecule has 0 aliphatic heterocycles. The third kappa shape index (κ3) is 5.21. The number of hydrogen-bond donors (Lipinski definition) is 4. The SMILES string of the molecule is CC[C@H](O)[C@@H](C)C(=O)O[C@H](CC)[C@@](C)(O)C(O)[C@@H](C)NC. The maximum atomic E-state index is 12.0. The maximum absolute atomic E-state index is 12.0. The molecule has 0 aromatic rings. The van der Waals surface area contributed by atoms with Crippen molar-refractivity contribution in [1.29, 1.82) is 0 Å². The fourth-order valence-corrected chi connectivity index (χ4v) is 2.23. The number of carbonyl (C=O) groups is 1. The molecule has 0 rings (SSSR count). The van der Waals surface area contributed by atoms with Crippen molar-refractivity contribution in [3.05, 3.63) is 0 Å². The molecule has 0 spiro atoms. The smallest absolute Gasteiger partial charge is 0.311 e. The fourth-order valence-electron chi connectivity index (χ4n) is 2.23. The average molecular weight is 305 g/mol. The first kappa shape index (κ1) is 20.3. The molecular weight excluding hydrogens is 274 g/mol. The molecule has 0 aliphatic rings. The Morgan fingerprint density at radius 2 is 1.76 bits per heavy atom. The van der Waals surface area contributed by atoms with Crippen molar-refractivity contribution in [3.63, 3.8) is 0 Å². The number of aliphatic hydroxyl groups excluding tert-OH is 2. The van der Waals surface area contributed by atoms with E-state index >= 15 is 0 Å². The van der Waals surface area contributed by atoms with E-state index in [4.69, 9.17) is 4.74 Å². The zero-order chi connectivity index (χ0) is 16.8. The number of carbonyl (C=O) groups excluding carboxylic acids is 1. The predicted molar refractivity (Wildman–Crippen MR) is 80.8 cm³/mol. The standard InChI is InChI=1S/C15H31NO5/c1-7-11(17)9(3)14(19)21-12(8-2)15(5,20)13(18)10(4)16-6/h9-13,16-18,20H,7-8H2,1-6H3/t9-,10-,11+,12-,13?,15-/m1/s1. The monoisotopic (exact) mass is 305 g/mol. The summed E-state index contributed by atoms with van der Waals surface area (Å²) in [6.07, 6.45) is -1.90. The van der Waals surface area contributed by atoms with Gasteiger partial charge in [-0.1, -0.05) is 13.8 Å². The van der Waals surface area contributed by atoms with Gasteiger partial charge in [0.1, 0.15) is 17.8 Å². The normalized spacial score (nSPS) is 21.8. The minimum Gasteiger partial charge on any atom is -0.459 e. The zero-order valence-electron chi connectivity index (χ0n) is 14.0. The highest BCUT2D eigenvalue weighted by molar-refractivity contribution is 5.73.